The molecule has 3 heterocycles. The van der Waals surface area contributed by atoms with Gasteiger partial charge in [-0.15, -0.1) is 11.3 Å². The Labute approximate surface area is 144 Å². The number of nitrogens with zero attached hydrogens (tertiary/aromatic N) is 3. The molecule has 0 aliphatic carbocycles. The zero-order valence-electron chi connectivity index (χ0n) is 13.6. The summed E-state index contributed by atoms with van der Waals surface area (Å²) in [4.78, 5) is 9.95. The van der Waals surface area contributed by atoms with Crippen LogP contribution in [-0.4, -0.2) is 34.7 Å². The van der Waals surface area contributed by atoms with E-state index in [4.69, 9.17) is 4.42 Å². The highest BCUT2D eigenvalue weighted by atomic mass is 32.1. The lowest BCUT2D eigenvalue weighted by molar-refractivity contribution is 0.577. The number of thiophene rings is 1. The smallest absolute Gasteiger partial charge is 0.216 e. The van der Waals surface area contributed by atoms with Crippen LogP contribution in [0.15, 0.2) is 45.3 Å². The molecule has 1 atom stereocenters. The quantitative estimate of drug-likeness (QED) is 0.472. The van der Waals surface area contributed by atoms with Gasteiger partial charge in [-0.2, -0.15) is 5.10 Å². The van der Waals surface area contributed by atoms with Crippen molar-refractivity contribution in [1.29, 1.82) is 0 Å². The lowest BCUT2D eigenvalue weighted by atomic mass is 10.3. The monoisotopic (exact) mass is 344 g/mol. The van der Waals surface area contributed by atoms with E-state index in [9.17, 15) is 0 Å². The molecule has 126 valence electrons. The summed E-state index contributed by atoms with van der Waals surface area (Å²) < 4.78 is 5.28. The molecule has 3 rings (SSSR count). The Morgan fingerprint density at radius 2 is 2.33 bits per heavy atom. The van der Waals surface area contributed by atoms with Gasteiger partial charge >= 0.3 is 0 Å². The number of hydrogen-bond acceptors (Lipinski definition) is 5. The summed E-state index contributed by atoms with van der Waals surface area (Å²) in [5.74, 6) is 2.80. The lowest BCUT2D eigenvalue weighted by Gasteiger charge is -2.16. The van der Waals surface area contributed by atoms with Gasteiger partial charge in [-0.1, -0.05) is 6.07 Å². The van der Waals surface area contributed by atoms with Gasteiger partial charge in [-0.3, -0.25) is 10.1 Å². The molecule has 0 saturated carbocycles. The lowest BCUT2D eigenvalue weighted by Crippen LogP contribution is -2.39. The summed E-state index contributed by atoms with van der Waals surface area (Å²) in [6, 6.07) is 8.03. The predicted octanol–water partition coefficient (Wildman–Crippen LogP) is 2.59. The van der Waals surface area contributed by atoms with Gasteiger partial charge in [0.1, 0.15) is 5.82 Å². The molecule has 0 fully saturated rings. The first-order valence-corrected chi connectivity index (χ1v) is 8.60. The van der Waals surface area contributed by atoms with E-state index in [2.05, 4.69) is 55.2 Å². The van der Waals surface area contributed by atoms with Crippen LogP contribution in [0.2, 0.25) is 0 Å². The Morgan fingerprint density at radius 3 is 3.04 bits per heavy atom. The molecule has 0 spiro atoms. The highest BCUT2D eigenvalue weighted by Gasteiger charge is 2.10. The van der Waals surface area contributed by atoms with Gasteiger partial charge in [0.05, 0.1) is 12.3 Å². The average Bonchev–Trinajstić information content (AvgIpc) is 3.34. The maximum absolute atomic E-state index is 5.28. The van der Waals surface area contributed by atoms with Gasteiger partial charge in [0.15, 0.2) is 11.7 Å². The molecule has 0 amide bonds. The van der Waals surface area contributed by atoms with Crippen LogP contribution in [0.1, 0.15) is 23.7 Å². The molecule has 24 heavy (non-hydrogen) atoms. The third-order valence-corrected chi connectivity index (χ3v) is 4.53. The average molecular weight is 344 g/mol. The third-order valence-electron chi connectivity index (χ3n) is 3.47. The van der Waals surface area contributed by atoms with Gasteiger partial charge in [0, 0.05) is 24.9 Å². The van der Waals surface area contributed by atoms with Crippen molar-refractivity contribution in [3.63, 3.8) is 0 Å². The maximum Gasteiger partial charge on any atom is 0.216 e. The summed E-state index contributed by atoms with van der Waals surface area (Å²) in [6.45, 7) is 2.81. The van der Waals surface area contributed by atoms with Crippen LogP contribution in [0.3, 0.4) is 0 Å². The molecule has 7 nitrogen and oxygen atoms in total. The molecule has 1 unspecified atom stereocenters. The number of H-pyrrole nitrogens is 1. The van der Waals surface area contributed by atoms with Crippen molar-refractivity contribution in [3.8, 4) is 11.6 Å². The second kappa shape index (κ2) is 7.78. The van der Waals surface area contributed by atoms with Crippen LogP contribution in [0.25, 0.3) is 11.6 Å². The van der Waals surface area contributed by atoms with Crippen LogP contribution >= 0.6 is 11.3 Å². The minimum atomic E-state index is 0.215. The second-order valence-corrected chi connectivity index (χ2v) is 6.19. The van der Waals surface area contributed by atoms with Crippen LogP contribution in [0, 0.1) is 0 Å². The van der Waals surface area contributed by atoms with Crippen LogP contribution in [0.4, 0.5) is 0 Å². The van der Waals surface area contributed by atoms with Crippen molar-refractivity contribution in [1.82, 2.24) is 25.8 Å². The molecular formula is C16H20N6OS. The molecule has 3 aromatic rings. The van der Waals surface area contributed by atoms with Gasteiger partial charge < -0.3 is 15.1 Å². The van der Waals surface area contributed by atoms with Crippen molar-refractivity contribution < 1.29 is 4.42 Å². The number of furan rings is 1. The second-order valence-electron chi connectivity index (χ2n) is 5.21. The third kappa shape index (κ3) is 4.02. The normalized spacial score (nSPS) is 13.0. The topological polar surface area (TPSA) is 91.1 Å². The highest BCUT2D eigenvalue weighted by Crippen LogP contribution is 2.17. The molecule has 0 aliphatic rings. The Hall–Kier alpha value is -2.61. The number of aliphatic imine (C=N–C) groups is 1. The first-order valence-electron chi connectivity index (χ1n) is 7.72. The Balaban J connectivity index is 1.48. The van der Waals surface area contributed by atoms with Crippen LogP contribution in [0.5, 0.6) is 0 Å². The number of hydrogen-bond donors (Lipinski definition) is 3. The van der Waals surface area contributed by atoms with Gasteiger partial charge in [0.25, 0.3) is 0 Å². The Morgan fingerprint density at radius 1 is 1.42 bits per heavy atom. The highest BCUT2D eigenvalue weighted by molar-refractivity contribution is 7.10. The van der Waals surface area contributed by atoms with Crippen molar-refractivity contribution in [2.24, 2.45) is 4.99 Å². The van der Waals surface area contributed by atoms with Crippen molar-refractivity contribution >= 4 is 17.3 Å². The SMILES string of the molecule is CN=C(NCCc1nc(-c2ccco2)n[nH]1)NC(C)c1cccs1. The van der Waals surface area contributed by atoms with E-state index in [-0.39, 0.29) is 6.04 Å². The first kappa shape index (κ1) is 16.3. The molecule has 8 heteroatoms. The van der Waals surface area contributed by atoms with Crippen LogP contribution < -0.4 is 10.6 Å². The predicted molar refractivity (Wildman–Crippen MR) is 95.0 cm³/mol. The summed E-state index contributed by atoms with van der Waals surface area (Å²) in [5, 5.41) is 15.8. The molecule has 0 bridgehead atoms. The van der Waals surface area contributed by atoms with E-state index < -0.39 is 0 Å². The Kier molecular flexibility index (Phi) is 5.27. The zero-order chi connectivity index (χ0) is 16.8. The fourth-order valence-electron chi connectivity index (χ4n) is 2.23. The number of guanidine groups is 1. The van der Waals surface area contributed by atoms with E-state index in [0.717, 1.165) is 11.8 Å². The molecule has 0 radical (unpaired) electrons. The summed E-state index contributed by atoms with van der Waals surface area (Å²) in [6.07, 6.45) is 2.32. The fraction of sp³-hybridized carbons (Fsp3) is 0.312. The van der Waals surface area contributed by atoms with Crippen LogP contribution in [-0.2, 0) is 6.42 Å². The van der Waals surface area contributed by atoms with Gasteiger partial charge in [-0.05, 0) is 30.5 Å². The van der Waals surface area contributed by atoms with Crippen molar-refractivity contribution in [2.75, 3.05) is 13.6 Å². The fourth-order valence-corrected chi connectivity index (χ4v) is 2.97. The summed E-state index contributed by atoms with van der Waals surface area (Å²) >= 11 is 1.73. The largest absolute Gasteiger partial charge is 0.461 e. The molecule has 0 saturated heterocycles. The zero-order valence-corrected chi connectivity index (χ0v) is 14.4. The summed E-state index contributed by atoms with van der Waals surface area (Å²) in [5.41, 5.74) is 0. The van der Waals surface area contributed by atoms with Crippen molar-refractivity contribution in [2.45, 2.75) is 19.4 Å². The number of rotatable bonds is 6. The molecule has 3 N–H and O–H groups in total. The van der Waals surface area contributed by atoms with E-state index in [0.29, 0.717) is 24.6 Å². The molecule has 0 aromatic carbocycles. The number of aromatic nitrogens is 3. The minimum Gasteiger partial charge on any atom is -0.461 e. The number of aromatic amines is 1. The Bertz CT molecular complexity index is 762. The van der Waals surface area contributed by atoms with E-state index in [1.165, 1.54) is 4.88 Å². The molecule has 0 aliphatic heterocycles. The van der Waals surface area contributed by atoms with Gasteiger partial charge in [-0.25, -0.2) is 4.98 Å². The minimum absolute atomic E-state index is 0.215. The van der Waals surface area contributed by atoms with E-state index >= 15 is 0 Å². The molecular weight excluding hydrogens is 324 g/mol. The standard InChI is InChI=1S/C16H20N6OS/c1-11(13-6-4-10-24-13)19-16(17-2)18-8-7-14-20-15(22-21-14)12-5-3-9-23-12/h3-6,9-11H,7-8H2,1-2H3,(H2,17,18,19)(H,20,21,22). The van der Waals surface area contributed by atoms with E-state index in [1.807, 2.05) is 12.1 Å². The molecule has 3 aromatic heterocycles. The number of nitrogens with one attached hydrogen (secondary N) is 3. The van der Waals surface area contributed by atoms with Gasteiger partial charge in [0.2, 0.25) is 5.82 Å². The summed E-state index contributed by atoms with van der Waals surface area (Å²) in [7, 11) is 1.76. The van der Waals surface area contributed by atoms with Crippen molar-refractivity contribution in [3.05, 3.63) is 46.6 Å². The van der Waals surface area contributed by atoms with E-state index in [1.54, 1.807) is 24.6 Å². The maximum atomic E-state index is 5.28. The first-order chi connectivity index (χ1) is 11.8.